The molecule has 0 saturated heterocycles. The van der Waals surface area contributed by atoms with E-state index in [0.29, 0.717) is 11.6 Å². The van der Waals surface area contributed by atoms with Crippen LogP contribution in [0.15, 0.2) is 22.0 Å². The molecule has 1 aliphatic carbocycles. The van der Waals surface area contributed by atoms with Gasteiger partial charge in [-0.1, -0.05) is 0 Å². The van der Waals surface area contributed by atoms with Gasteiger partial charge in [0.1, 0.15) is 17.6 Å². The lowest BCUT2D eigenvalue weighted by molar-refractivity contribution is 0.923. The van der Waals surface area contributed by atoms with Crippen LogP contribution in [0, 0.1) is 11.3 Å². The highest BCUT2D eigenvalue weighted by molar-refractivity contribution is 9.11. The lowest BCUT2D eigenvalue weighted by atomic mass is 10.2. The predicted molar refractivity (Wildman–Crippen MR) is 69.7 cm³/mol. The minimum absolute atomic E-state index is 0.460. The average Bonchev–Trinajstić information content (AvgIpc) is 3.11. The minimum atomic E-state index is 0.460. The smallest absolute Gasteiger partial charge is 0.144 e. The van der Waals surface area contributed by atoms with Gasteiger partial charge in [-0.05, 0) is 40.9 Å². The molecule has 2 aromatic rings. The highest BCUT2D eigenvalue weighted by Gasteiger charge is 2.27. The molecule has 0 N–H and O–H groups in total. The van der Waals surface area contributed by atoms with Crippen LogP contribution in [-0.4, -0.2) is 9.97 Å². The van der Waals surface area contributed by atoms with Crippen LogP contribution in [0.1, 0.15) is 30.3 Å². The Balaban J connectivity index is 2.09. The number of halogens is 1. The van der Waals surface area contributed by atoms with Crippen molar-refractivity contribution in [2.24, 2.45) is 0 Å². The number of nitrogens with zero attached hydrogens (tertiary/aromatic N) is 3. The molecule has 0 aliphatic heterocycles. The molecule has 0 atom stereocenters. The third kappa shape index (κ3) is 2.24. The number of nitriles is 1. The van der Waals surface area contributed by atoms with Crippen LogP contribution in [-0.2, 0) is 0 Å². The SMILES string of the molecule is N#Cc1cc(-c2ccc(Br)s2)nc(C2CC2)n1. The Morgan fingerprint density at radius 3 is 2.76 bits per heavy atom. The number of thiophene rings is 1. The highest BCUT2D eigenvalue weighted by Crippen LogP contribution is 2.39. The molecule has 3 rings (SSSR count). The van der Waals surface area contributed by atoms with Gasteiger partial charge in [-0.25, -0.2) is 9.97 Å². The second-order valence-corrected chi connectivity index (χ2v) is 6.45. The molecule has 1 saturated carbocycles. The molecule has 1 aliphatic rings. The van der Waals surface area contributed by atoms with E-state index in [2.05, 4.69) is 32.0 Å². The van der Waals surface area contributed by atoms with Gasteiger partial charge in [0.25, 0.3) is 0 Å². The van der Waals surface area contributed by atoms with Crippen LogP contribution in [0.5, 0.6) is 0 Å². The number of hydrogen-bond donors (Lipinski definition) is 0. The van der Waals surface area contributed by atoms with Crippen molar-refractivity contribution in [2.75, 3.05) is 0 Å². The molecule has 84 valence electrons. The van der Waals surface area contributed by atoms with Crippen molar-refractivity contribution in [1.82, 2.24) is 9.97 Å². The molecule has 5 heteroatoms. The molecule has 0 radical (unpaired) electrons. The minimum Gasteiger partial charge on any atom is -0.232 e. The van der Waals surface area contributed by atoms with Gasteiger partial charge in [0.2, 0.25) is 0 Å². The normalized spacial score (nSPS) is 14.6. The van der Waals surface area contributed by atoms with E-state index in [1.807, 2.05) is 12.1 Å². The molecule has 3 nitrogen and oxygen atoms in total. The van der Waals surface area contributed by atoms with Gasteiger partial charge in [-0.3, -0.25) is 0 Å². The van der Waals surface area contributed by atoms with E-state index in [-0.39, 0.29) is 0 Å². The second kappa shape index (κ2) is 4.21. The second-order valence-electron chi connectivity index (χ2n) is 3.99. The summed E-state index contributed by atoms with van der Waals surface area (Å²) in [6.07, 6.45) is 2.28. The van der Waals surface area contributed by atoms with E-state index in [4.69, 9.17) is 5.26 Å². The zero-order valence-electron chi connectivity index (χ0n) is 8.85. The van der Waals surface area contributed by atoms with Crippen LogP contribution >= 0.6 is 27.3 Å². The maximum Gasteiger partial charge on any atom is 0.144 e. The number of aromatic nitrogens is 2. The third-order valence-corrected chi connectivity index (χ3v) is 4.27. The van der Waals surface area contributed by atoms with E-state index < -0.39 is 0 Å². The van der Waals surface area contributed by atoms with Crippen LogP contribution in [0.2, 0.25) is 0 Å². The summed E-state index contributed by atoms with van der Waals surface area (Å²) in [6, 6.07) is 7.86. The van der Waals surface area contributed by atoms with E-state index in [1.165, 1.54) is 0 Å². The van der Waals surface area contributed by atoms with Crippen LogP contribution in [0.3, 0.4) is 0 Å². The summed E-state index contributed by atoms with van der Waals surface area (Å²) in [5.74, 6) is 1.29. The molecule has 2 heterocycles. The van der Waals surface area contributed by atoms with E-state index in [0.717, 1.165) is 33.0 Å². The first kappa shape index (κ1) is 10.9. The van der Waals surface area contributed by atoms with Gasteiger partial charge < -0.3 is 0 Å². The first-order chi connectivity index (χ1) is 8.26. The lowest BCUT2D eigenvalue weighted by Crippen LogP contribution is -1.97. The molecule has 0 unspecified atom stereocenters. The Kier molecular flexibility index (Phi) is 2.69. The summed E-state index contributed by atoms with van der Waals surface area (Å²) < 4.78 is 1.07. The molecule has 17 heavy (non-hydrogen) atoms. The molecule has 0 amide bonds. The summed E-state index contributed by atoms with van der Waals surface area (Å²) in [4.78, 5) is 9.89. The van der Waals surface area contributed by atoms with E-state index >= 15 is 0 Å². The summed E-state index contributed by atoms with van der Waals surface area (Å²) in [5, 5.41) is 8.99. The van der Waals surface area contributed by atoms with Crippen LogP contribution in [0.4, 0.5) is 0 Å². The molecule has 0 bridgehead atoms. The Morgan fingerprint density at radius 1 is 1.35 bits per heavy atom. The van der Waals surface area contributed by atoms with E-state index in [1.54, 1.807) is 17.4 Å². The Morgan fingerprint density at radius 2 is 2.18 bits per heavy atom. The molecule has 0 aromatic carbocycles. The van der Waals surface area contributed by atoms with Gasteiger partial charge in [0.15, 0.2) is 0 Å². The van der Waals surface area contributed by atoms with Crippen LogP contribution < -0.4 is 0 Å². The first-order valence-corrected chi connectivity index (χ1v) is 6.92. The Hall–Kier alpha value is -1.25. The van der Waals surface area contributed by atoms with Crippen molar-refractivity contribution in [3.05, 3.63) is 33.5 Å². The molecular weight excluding hydrogens is 298 g/mol. The van der Waals surface area contributed by atoms with Crippen molar-refractivity contribution < 1.29 is 0 Å². The first-order valence-electron chi connectivity index (χ1n) is 5.31. The van der Waals surface area contributed by atoms with Crippen LogP contribution in [0.25, 0.3) is 10.6 Å². The van der Waals surface area contributed by atoms with Crippen molar-refractivity contribution in [3.8, 4) is 16.6 Å². The largest absolute Gasteiger partial charge is 0.232 e. The standard InChI is InChI=1S/C12H8BrN3S/c13-11-4-3-10(17-11)9-5-8(6-14)15-12(16-9)7-1-2-7/h3-5,7H,1-2H2. The topological polar surface area (TPSA) is 49.6 Å². The molecule has 0 spiro atoms. The van der Waals surface area contributed by atoms with Crippen molar-refractivity contribution in [3.63, 3.8) is 0 Å². The summed E-state index contributed by atoms with van der Waals surface area (Å²) >= 11 is 5.05. The fourth-order valence-corrected chi connectivity index (χ4v) is 2.97. The zero-order valence-corrected chi connectivity index (χ0v) is 11.3. The lowest BCUT2D eigenvalue weighted by Gasteiger charge is -2.01. The Bertz CT molecular complexity index is 610. The third-order valence-electron chi connectivity index (χ3n) is 2.63. The van der Waals surface area contributed by atoms with Gasteiger partial charge >= 0.3 is 0 Å². The quantitative estimate of drug-likeness (QED) is 0.849. The average molecular weight is 306 g/mol. The van der Waals surface area contributed by atoms with Crippen molar-refractivity contribution >= 4 is 27.3 Å². The highest BCUT2D eigenvalue weighted by atomic mass is 79.9. The molecule has 2 aromatic heterocycles. The van der Waals surface area contributed by atoms with E-state index in [9.17, 15) is 0 Å². The fourth-order valence-electron chi connectivity index (χ4n) is 1.63. The molecule has 1 fully saturated rings. The Labute approximate surface area is 111 Å². The summed E-state index contributed by atoms with van der Waals surface area (Å²) in [7, 11) is 0. The fraction of sp³-hybridized carbons (Fsp3) is 0.250. The van der Waals surface area contributed by atoms with Crippen molar-refractivity contribution in [2.45, 2.75) is 18.8 Å². The monoisotopic (exact) mass is 305 g/mol. The number of hydrogen-bond acceptors (Lipinski definition) is 4. The summed E-state index contributed by atoms with van der Waals surface area (Å²) in [5.41, 5.74) is 1.32. The van der Waals surface area contributed by atoms with Gasteiger partial charge in [0, 0.05) is 12.0 Å². The van der Waals surface area contributed by atoms with Gasteiger partial charge in [0.05, 0.1) is 14.4 Å². The predicted octanol–water partition coefficient (Wildman–Crippen LogP) is 3.72. The van der Waals surface area contributed by atoms with Gasteiger partial charge in [-0.15, -0.1) is 11.3 Å². The molecular formula is C12H8BrN3S. The number of rotatable bonds is 2. The zero-order chi connectivity index (χ0) is 11.8. The summed E-state index contributed by atoms with van der Waals surface area (Å²) in [6.45, 7) is 0. The van der Waals surface area contributed by atoms with Gasteiger partial charge in [-0.2, -0.15) is 5.26 Å². The maximum absolute atomic E-state index is 8.99. The van der Waals surface area contributed by atoms with Crippen molar-refractivity contribution in [1.29, 1.82) is 5.26 Å². The maximum atomic E-state index is 8.99.